The van der Waals surface area contributed by atoms with Gasteiger partial charge in [0, 0.05) is 12.8 Å². The first-order valence-electron chi connectivity index (χ1n) is 38.6. The predicted octanol–water partition coefficient (Wildman–Crippen LogP) is 25.3. The number of amides is 1. The van der Waals surface area contributed by atoms with Gasteiger partial charge in [0.25, 0.3) is 0 Å². The van der Waals surface area contributed by atoms with Crippen molar-refractivity contribution in [2.24, 2.45) is 0 Å². The molecule has 0 saturated carbocycles. The van der Waals surface area contributed by atoms with Gasteiger partial charge in [0.2, 0.25) is 5.91 Å². The molecule has 2 unspecified atom stereocenters. The van der Waals surface area contributed by atoms with E-state index in [1.54, 1.807) is 6.08 Å². The number of nitrogens with one attached hydrogen (secondary N) is 1. The van der Waals surface area contributed by atoms with Gasteiger partial charge < -0.3 is 20.3 Å². The van der Waals surface area contributed by atoms with Gasteiger partial charge in [-0.25, -0.2) is 0 Å². The number of ether oxygens (including phenoxy) is 1. The van der Waals surface area contributed by atoms with Gasteiger partial charge in [-0.15, -0.1) is 0 Å². The summed E-state index contributed by atoms with van der Waals surface area (Å²) in [7, 11) is 0. The normalized spacial score (nSPS) is 12.6. The van der Waals surface area contributed by atoms with E-state index >= 15 is 0 Å². The largest absolute Gasteiger partial charge is 0.466 e. The lowest BCUT2D eigenvalue weighted by atomic mass is 10.0. The van der Waals surface area contributed by atoms with Crippen molar-refractivity contribution in [1.29, 1.82) is 0 Å². The van der Waals surface area contributed by atoms with Crippen molar-refractivity contribution in [3.05, 3.63) is 24.3 Å². The molecule has 0 fully saturated rings. The van der Waals surface area contributed by atoms with E-state index in [0.717, 1.165) is 44.9 Å². The average Bonchev–Trinajstić information content (AvgIpc) is 3.51. The lowest BCUT2D eigenvalue weighted by Crippen LogP contribution is -2.45. The molecule has 0 aliphatic carbocycles. The number of carbonyl (C=O) groups is 2. The van der Waals surface area contributed by atoms with E-state index in [-0.39, 0.29) is 18.5 Å². The summed E-state index contributed by atoms with van der Waals surface area (Å²) in [6.07, 6.45) is 94.3. The number of carbonyl (C=O) groups excluding carboxylic acids is 2. The van der Waals surface area contributed by atoms with Gasteiger partial charge in [0.1, 0.15) is 0 Å². The van der Waals surface area contributed by atoms with E-state index in [9.17, 15) is 19.8 Å². The van der Waals surface area contributed by atoms with Crippen LogP contribution >= 0.6 is 0 Å². The Balaban J connectivity index is 3.35. The summed E-state index contributed by atoms with van der Waals surface area (Å²) in [6.45, 7) is 4.95. The molecule has 2 atom stereocenters. The smallest absolute Gasteiger partial charge is 0.305 e. The summed E-state index contributed by atoms with van der Waals surface area (Å²) in [5, 5.41) is 23.3. The summed E-state index contributed by atoms with van der Waals surface area (Å²) in [6, 6.07) is -0.625. The van der Waals surface area contributed by atoms with Gasteiger partial charge in [-0.05, 0) is 57.8 Å². The molecule has 0 aromatic heterocycles. The van der Waals surface area contributed by atoms with Crippen molar-refractivity contribution in [1.82, 2.24) is 5.32 Å². The van der Waals surface area contributed by atoms with Crippen molar-refractivity contribution in [3.8, 4) is 0 Å². The van der Waals surface area contributed by atoms with Crippen molar-refractivity contribution in [2.45, 2.75) is 450 Å². The number of aliphatic hydroxyl groups is 2. The molecule has 498 valence electrons. The van der Waals surface area contributed by atoms with Crippen LogP contribution in [0, 0.1) is 0 Å². The van der Waals surface area contributed by atoms with Gasteiger partial charge in [-0.1, -0.05) is 391 Å². The fraction of sp³-hybridized carbons (Fsp3) is 0.923. The zero-order chi connectivity index (χ0) is 60.6. The number of hydrogen-bond acceptors (Lipinski definition) is 5. The maximum absolute atomic E-state index is 12.5. The Morgan fingerprint density at radius 1 is 0.321 bits per heavy atom. The van der Waals surface area contributed by atoms with E-state index in [1.807, 2.05) is 6.08 Å². The number of allylic oxidation sites excluding steroid dienone is 3. The van der Waals surface area contributed by atoms with Gasteiger partial charge in [0.05, 0.1) is 25.4 Å². The van der Waals surface area contributed by atoms with Crippen LogP contribution in [-0.4, -0.2) is 47.4 Å². The minimum Gasteiger partial charge on any atom is -0.466 e. The lowest BCUT2D eigenvalue weighted by Gasteiger charge is -2.20. The molecule has 0 aromatic rings. The van der Waals surface area contributed by atoms with Crippen LogP contribution in [0.15, 0.2) is 24.3 Å². The monoisotopic (exact) mass is 1180 g/mol. The molecule has 0 aliphatic heterocycles. The van der Waals surface area contributed by atoms with Gasteiger partial charge >= 0.3 is 5.97 Å². The Hall–Kier alpha value is -1.66. The average molecular weight is 1180 g/mol. The number of hydrogen-bond donors (Lipinski definition) is 3. The Bertz CT molecular complexity index is 1320. The molecule has 3 N–H and O–H groups in total. The van der Waals surface area contributed by atoms with Crippen molar-refractivity contribution in [3.63, 3.8) is 0 Å². The molecule has 84 heavy (non-hydrogen) atoms. The van der Waals surface area contributed by atoms with Gasteiger partial charge in [-0.2, -0.15) is 0 Å². The molecule has 0 aromatic carbocycles. The quantitative estimate of drug-likeness (QED) is 0.0320. The zero-order valence-electron chi connectivity index (χ0n) is 57.2. The van der Waals surface area contributed by atoms with Crippen LogP contribution in [0.4, 0.5) is 0 Å². The van der Waals surface area contributed by atoms with Crippen LogP contribution in [0.3, 0.4) is 0 Å². The van der Waals surface area contributed by atoms with E-state index < -0.39 is 12.1 Å². The molecule has 0 spiro atoms. The zero-order valence-corrected chi connectivity index (χ0v) is 57.2. The van der Waals surface area contributed by atoms with Crippen molar-refractivity contribution in [2.75, 3.05) is 13.2 Å². The second-order valence-electron chi connectivity index (χ2n) is 26.7. The van der Waals surface area contributed by atoms with E-state index in [2.05, 4.69) is 31.3 Å². The first-order chi connectivity index (χ1) is 41.5. The molecule has 0 radical (unpaired) electrons. The predicted molar refractivity (Wildman–Crippen MR) is 370 cm³/mol. The van der Waals surface area contributed by atoms with Crippen LogP contribution < -0.4 is 5.32 Å². The third kappa shape index (κ3) is 69.4. The molecule has 6 nitrogen and oxygen atoms in total. The molecule has 0 saturated heterocycles. The van der Waals surface area contributed by atoms with Crippen LogP contribution in [0.5, 0.6) is 0 Å². The minimum atomic E-state index is -0.842. The highest BCUT2D eigenvalue weighted by Crippen LogP contribution is 2.20. The van der Waals surface area contributed by atoms with Crippen molar-refractivity contribution < 1.29 is 24.5 Å². The Labute approximate surface area is 526 Å². The second-order valence-corrected chi connectivity index (χ2v) is 26.7. The number of aliphatic hydroxyl groups excluding tert-OH is 2. The molecule has 6 heteroatoms. The topological polar surface area (TPSA) is 95.9 Å². The standard InChI is InChI=1S/C78H151NO5/c1-3-5-7-9-11-13-15-17-19-20-21-33-36-39-43-46-50-54-58-62-66-70-76(81)75(74-80)79-77(82)71-67-63-59-55-51-47-44-40-37-34-31-29-27-25-23-22-24-26-28-30-32-35-38-41-45-49-53-57-61-65-69-73-84-78(83)72-68-64-60-56-52-48-42-18-16-14-12-10-8-6-4-2/h18,42,66,70,75-76,80-81H,3-17,19-41,43-65,67-69,71-74H2,1-2H3,(H,79,82)/b42-18-,70-66+. The summed E-state index contributed by atoms with van der Waals surface area (Å²) < 4.78 is 5.50. The molecular weight excluding hydrogens is 1030 g/mol. The third-order valence-electron chi connectivity index (χ3n) is 18.2. The molecule has 0 rings (SSSR count). The molecule has 1 amide bonds. The highest BCUT2D eigenvalue weighted by atomic mass is 16.5. The molecular formula is C78H151NO5. The molecule has 0 heterocycles. The van der Waals surface area contributed by atoms with Crippen LogP contribution in [-0.2, 0) is 14.3 Å². The van der Waals surface area contributed by atoms with E-state index in [4.69, 9.17) is 4.74 Å². The number of rotatable bonds is 73. The summed E-state index contributed by atoms with van der Waals surface area (Å²) in [5.74, 6) is -0.0457. The summed E-state index contributed by atoms with van der Waals surface area (Å²) in [4.78, 5) is 24.6. The second kappa shape index (κ2) is 73.8. The minimum absolute atomic E-state index is 0.0133. The van der Waals surface area contributed by atoms with E-state index in [0.29, 0.717) is 19.4 Å². The van der Waals surface area contributed by atoms with E-state index in [1.165, 1.54) is 366 Å². The Morgan fingerprint density at radius 3 is 0.845 bits per heavy atom. The van der Waals surface area contributed by atoms with Crippen LogP contribution in [0.2, 0.25) is 0 Å². The Kier molecular flexibility index (Phi) is 72.3. The third-order valence-corrected chi connectivity index (χ3v) is 18.2. The highest BCUT2D eigenvalue weighted by Gasteiger charge is 2.18. The maximum atomic E-state index is 12.5. The Morgan fingerprint density at radius 2 is 0.560 bits per heavy atom. The maximum Gasteiger partial charge on any atom is 0.305 e. The first kappa shape index (κ1) is 82.3. The number of unbranched alkanes of at least 4 members (excludes halogenated alkanes) is 60. The first-order valence-corrected chi connectivity index (χ1v) is 38.6. The SMILES string of the molecule is CCCCCCCC/C=C\CCCCCCCC(=O)OCCCCCCCCCCCCCCCCCCCCCCCCCCCCCCCCCC(=O)NC(CO)C(O)/C=C/CCCCCCCCCCCCCCCCCCCCC. The van der Waals surface area contributed by atoms with Crippen LogP contribution in [0.1, 0.15) is 438 Å². The fourth-order valence-electron chi connectivity index (χ4n) is 12.3. The molecule has 0 aliphatic rings. The van der Waals surface area contributed by atoms with Gasteiger partial charge in [0.15, 0.2) is 0 Å². The highest BCUT2D eigenvalue weighted by molar-refractivity contribution is 5.76. The molecule has 0 bridgehead atoms. The van der Waals surface area contributed by atoms with Crippen molar-refractivity contribution >= 4 is 11.9 Å². The number of esters is 1. The lowest BCUT2D eigenvalue weighted by molar-refractivity contribution is -0.143. The fourth-order valence-corrected chi connectivity index (χ4v) is 12.3. The van der Waals surface area contributed by atoms with Crippen LogP contribution in [0.25, 0.3) is 0 Å². The summed E-state index contributed by atoms with van der Waals surface area (Å²) >= 11 is 0. The summed E-state index contributed by atoms with van der Waals surface area (Å²) in [5.41, 5.74) is 0. The van der Waals surface area contributed by atoms with Gasteiger partial charge in [-0.3, -0.25) is 9.59 Å².